The van der Waals surface area contributed by atoms with Gasteiger partial charge in [0.2, 0.25) is 0 Å². The van der Waals surface area contributed by atoms with Gasteiger partial charge in [0.1, 0.15) is 0 Å². The van der Waals surface area contributed by atoms with E-state index >= 15 is 0 Å². The topological polar surface area (TPSA) is 30.5 Å². The maximum Gasteiger partial charge on any atom is 0.265 e. The first-order chi connectivity index (χ1) is 6.77. The fourth-order valence-electron chi connectivity index (χ4n) is 2.02. The van der Waals surface area contributed by atoms with E-state index in [1.165, 1.54) is 5.56 Å². The summed E-state index contributed by atoms with van der Waals surface area (Å²) in [4.78, 5) is 0. The Labute approximate surface area is 83.0 Å². The number of hydrogen-bond donors (Lipinski definition) is 1. The summed E-state index contributed by atoms with van der Waals surface area (Å²) < 4.78 is 11.7. The third kappa shape index (κ3) is 1.09. The van der Waals surface area contributed by atoms with E-state index in [2.05, 4.69) is 12.2 Å². The van der Waals surface area contributed by atoms with E-state index in [-0.39, 0.29) is 0 Å². The molecule has 1 unspecified atom stereocenters. The van der Waals surface area contributed by atoms with Crippen LogP contribution in [0.3, 0.4) is 0 Å². The number of fused-ring (bicyclic) bond motifs is 1. The predicted octanol–water partition coefficient (Wildman–Crippen LogP) is 1.46. The molecule has 2 aliphatic heterocycles. The predicted molar refractivity (Wildman–Crippen MR) is 52.7 cm³/mol. The minimum atomic E-state index is -0.421. The van der Waals surface area contributed by atoms with E-state index in [1.807, 2.05) is 18.2 Å². The Morgan fingerprint density at radius 1 is 1.29 bits per heavy atom. The zero-order chi connectivity index (χ0) is 9.60. The molecular formula is C11H13NO2. The van der Waals surface area contributed by atoms with Crippen molar-refractivity contribution < 1.29 is 9.47 Å². The molecule has 2 heterocycles. The van der Waals surface area contributed by atoms with Gasteiger partial charge in [-0.15, -0.1) is 0 Å². The van der Waals surface area contributed by atoms with E-state index in [0.29, 0.717) is 0 Å². The minimum absolute atomic E-state index is 0.421. The van der Waals surface area contributed by atoms with Gasteiger partial charge < -0.3 is 14.8 Å². The van der Waals surface area contributed by atoms with Gasteiger partial charge in [0.25, 0.3) is 5.79 Å². The second-order valence-corrected chi connectivity index (χ2v) is 3.99. The van der Waals surface area contributed by atoms with E-state index in [1.54, 1.807) is 0 Å². The lowest BCUT2D eigenvalue weighted by Gasteiger charge is -2.20. The molecule has 1 aromatic carbocycles. The van der Waals surface area contributed by atoms with Crippen molar-refractivity contribution in [3.8, 4) is 11.5 Å². The first-order valence-electron chi connectivity index (χ1n) is 4.97. The lowest BCUT2D eigenvalue weighted by molar-refractivity contribution is -0.0593. The summed E-state index contributed by atoms with van der Waals surface area (Å²) in [6.07, 6.45) is 0.917. The molecule has 0 saturated carbocycles. The van der Waals surface area contributed by atoms with Crippen LogP contribution in [0.2, 0.25) is 0 Å². The van der Waals surface area contributed by atoms with Crippen molar-refractivity contribution in [2.45, 2.75) is 19.1 Å². The van der Waals surface area contributed by atoms with Crippen molar-refractivity contribution in [2.24, 2.45) is 0 Å². The number of aryl methyl sites for hydroxylation is 1. The van der Waals surface area contributed by atoms with E-state index < -0.39 is 5.79 Å². The molecule has 1 N–H and O–H groups in total. The fraction of sp³-hybridized carbons (Fsp3) is 0.455. The summed E-state index contributed by atoms with van der Waals surface area (Å²) >= 11 is 0. The molecule has 2 aliphatic rings. The molecule has 0 radical (unpaired) electrons. The molecule has 1 atom stereocenters. The summed E-state index contributed by atoms with van der Waals surface area (Å²) in [6.45, 7) is 3.80. The second kappa shape index (κ2) is 2.64. The van der Waals surface area contributed by atoms with Crippen LogP contribution in [0.1, 0.15) is 12.0 Å². The fourth-order valence-corrected chi connectivity index (χ4v) is 2.02. The SMILES string of the molecule is Cc1ccc2c(c1)OC1(CCNC1)O2. The average Bonchev–Trinajstić information content (AvgIpc) is 2.72. The van der Waals surface area contributed by atoms with Crippen LogP contribution in [0.4, 0.5) is 0 Å². The number of ether oxygens (including phenoxy) is 2. The van der Waals surface area contributed by atoms with Gasteiger partial charge in [0, 0.05) is 13.0 Å². The molecule has 1 spiro atoms. The quantitative estimate of drug-likeness (QED) is 0.673. The smallest absolute Gasteiger partial charge is 0.265 e. The Kier molecular flexibility index (Phi) is 1.53. The number of benzene rings is 1. The minimum Gasteiger partial charge on any atom is -0.447 e. The zero-order valence-corrected chi connectivity index (χ0v) is 8.17. The normalized spacial score (nSPS) is 28.6. The lowest BCUT2D eigenvalue weighted by atomic mass is 10.2. The lowest BCUT2D eigenvalue weighted by Crippen LogP contribution is -2.40. The van der Waals surface area contributed by atoms with E-state index in [9.17, 15) is 0 Å². The summed E-state index contributed by atoms with van der Waals surface area (Å²) in [5.41, 5.74) is 1.20. The van der Waals surface area contributed by atoms with Crippen molar-refractivity contribution in [3.05, 3.63) is 23.8 Å². The maximum absolute atomic E-state index is 5.85. The number of rotatable bonds is 0. The third-order valence-electron chi connectivity index (χ3n) is 2.77. The van der Waals surface area contributed by atoms with Gasteiger partial charge in [-0.05, 0) is 24.6 Å². The van der Waals surface area contributed by atoms with E-state index in [0.717, 1.165) is 31.0 Å². The van der Waals surface area contributed by atoms with E-state index in [4.69, 9.17) is 9.47 Å². The summed E-state index contributed by atoms with van der Waals surface area (Å²) in [5, 5.41) is 3.25. The molecule has 14 heavy (non-hydrogen) atoms. The van der Waals surface area contributed by atoms with Gasteiger partial charge in [0.15, 0.2) is 11.5 Å². The first kappa shape index (κ1) is 8.12. The Morgan fingerprint density at radius 2 is 2.14 bits per heavy atom. The molecule has 1 fully saturated rings. The van der Waals surface area contributed by atoms with Crippen LogP contribution in [0.15, 0.2) is 18.2 Å². The first-order valence-corrected chi connectivity index (χ1v) is 4.97. The summed E-state index contributed by atoms with van der Waals surface area (Å²) in [7, 11) is 0. The van der Waals surface area contributed by atoms with Crippen LogP contribution < -0.4 is 14.8 Å². The van der Waals surface area contributed by atoms with Gasteiger partial charge in [-0.1, -0.05) is 6.07 Å². The van der Waals surface area contributed by atoms with Crippen LogP contribution >= 0.6 is 0 Å². The molecule has 74 valence electrons. The standard InChI is InChI=1S/C11H13NO2/c1-8-2-3-9-10(6-8)14-11(13-9)4-5-12-7-11/h2-3,6,12H,4-5,7H2,1H3. The van der Waals surface area contributed by atoms with Gasteiger partial charge in [-0.2, -0.15) is 0 Å². The van der Waals surface area contributed by atoms with Crippen LogP contribution in [0, 0.1) is 6.92 Å². The Bertz CT molecular complexity index is 370. The van der Waals surface area contributed by atoms with Crippen LogP contribution in [0.25, 0.3) is 0 Å². The molecule has 3 rings (SSSR count). The van der Waals surface area contributed by atoms with Crippen molar-refractivity contribution in [2.75, 3.05) is 13.1 Å². The highest BCUT2D eigenvalue weighted by Gasteiger charge is 2.44. The summed E-state index contributed by atoms with van der Waals surface area (Å²) in [5.74, 6) is 1.34. The molecule has 0 amide bonds. The van der Waals surface area contributed by atoms with Crippen LogP contribution in [-0.2, 0) is 0 Å². The largest absolute Gasteiger partial charge is 0.447 e. The molecule has 0 bridgehead atoms. The molecule has 1 saturated heterocycles. The van der Waals surface area contributed by atoms with Crippen molar-refractivity contribution in [3.63, 3.8) is 0 Å². The Balaban J connectivity index is 1.96. The zero-order valence-electron chi connectivity index (χ0n) is 8.17. The maximum atomic E-state index is 5.85. The van der Waals surface area contributed by atoms with Gasteiger partial charge >= 0.3 is 0 Å². The highest BCUT2D eigenvalue weighted by molar-refractivity contribution is 5.45. The van der Waals surface area contributed by atoms with Crippen LogP contribution in [-0.4, -0.2) is 18.9 Å². The third-order valence-corrected chi connectivity index (χ3v) is 2.77. The molecular weight excluding hydrogens is 178 g/mol. The highest BCUT2D eigenvalue weighted by atomic mass is 16.7. The molecule has 3 nitrogen and oxygen atoms in total. The van der Waals surface area contributed by atoms with Crippen LogP contribution in [0.5, 0.6) is 11.5 Å². The number of hydrogen-bond acceptors (Lipinski definition) is 3. The summed E-state index contributed by atoms with van der Waals surface area (Å²) in [6, 6.07) is 6.06. The van der Waals surface area contributed by atoms with Crippen molar-refractivity contribution in [1.29, 1.82) is 0 Å². The van der Waals surface area contributed by atoms with Gasteiger partial charge in [-0.3, -0.25) is 0 Å². The Morgan fingerprint density at radius 3 is 2.93 bits per heavy atom. The monoisotopic (exact) mass is 191 g/mol. The average molecular weight is 191 g/mol. The van der Waals surface area contributed by atoms with Crippen molar-refractivity contribution in [1.82, 2.24) is 5.32 Å². The molecule has 1 aromatic rings. The van der Waals surface area contributed by atoms with Crippen molar-refractivity contribution >= 4 is 0 Å². The highest BCUT2D eigenvalue weighted by Crippen LogP contribution is 2.41. The Hall–Kier alpha value is -1.22. The molecule has 0 aromatic heterocycles. The molecule has 3 heteroatoms. The molecule has 0 aliphatic carbocycles. The van der Waals surface area contributed by atoms with Gasteiger partial charge in [-0.25, -0.2) is 0 Å². The number of nitrogens with one attached hydrogen (secondary N) is 1. The van der Waals surface area contributed by atoms with Gasteiger partial charge in [0.05, 0.1) is 6.54 Å². The second-order valence-electron chi connectivity index (χ2n) is 3.99.